The van der Waals surface area contributed by atoms with Crippen LogP contribution in [0, 0.1) is 17.3 Å². The summed E-state index contributed by atoms with van der Waals surface area (Å²) in [6.07, 6.45) is 5.68. The molecule has 2 unspecified atom stereocenters. The highest BCUT2D eigenvalue weighted by molar-refractivity contribution is 5.96. The van der Waals surface area contributed by atoms with Gasteiger partial charge in [-0.1, -0.05) is 67.6 Å². The van der Waals surface area contributed by atoms with Crippen molar-refractivity contribution < 1.29 is 19.0 Å². The lowest BCUT2D eigenvalue weighted by atomic mass is 9.71. The van der Waals surface area contributed by atoms with E-state index in [1.807, 2.05) is 98.1 Å². The van der Waals surface area contributed by atoms with E-state index in [2.05, 4.69) is 47.1 Å². The quantitative estimate of drug-likeness (QED) is 0.139. The van der Waals surface area contributed by atoms with E-state index in [-0.39, 0.29) is 6.09 Å². The van der Waals surface area contributed by atoms with Crippen molar-refractivity contribution in [3.63, 3.8) is 0 Å². The highest BCUT2D eigenvalue weighted by Gasteiger charge is 2.40. The number of pyridine rings is 1. The number of piperidine rings is 3. The van der Waals surface area contributed by atoms with E-state index in [9.17, 15) is 4.79 Å². The van der Waals surface area contributed by atoms with Gasteiger partial charge in [-0.3, -0.25) is 4.68 Å². The predicted molar refractivity (Wildman–Crippen MR) is 230 cm³/mol. The maximum absolute atomic E-state index is 12.6. The lowest BCUT2D eigenvalue weighted by Crippen LogP contribution is -2.50. The molecule has 3 aliphatic heterocycles. The second-order valence-electron chi connectivity index (χ2n) is 18.0. The number of anilines is 1. The molecule has 0 N–H and O–H groups in total. The topological polar surface area (TPSA) is 85.2 Å². The zero-order valence-electron chi connectivity index (χ0n) is 35.0. The highest BCUT2D eigenvalue weighted by atomic mass is 16.6. The van der Waals surface area contributed by atoms with Crippen LogP contribution < -0.4 is 14.4 Å². The summed E-state index contributed by atoms with van der Waals surface area (Å²) in [5.74, 6) is 2.30. The molecule has 0 aliphatic carbocycles. The van der Waals surface area contributed by atoms with Gasteiger partial charge in [-0.05, 0) is 119 Å². The molecule has 3 aliphatic rings. The molecule has 3 saturated heterocycles. The summed E-state index contributed by atoms with van der Waals surface area (Å²) in [6, 6.07) is 31.0. The molecule has 8 rings (SSSR count). The lowest BCUT2D eigenvalue weighted by molar-refractivity contribution is -0.00473. The number of benzene rings is 3. The molecule has 306 valence electrons. The Labute approximate surface area is 344 Å². The van der Waals surface area contributed by atoms with E-state index in [0.717, 1.165) is 85.4 Å². The van der Waals surface area contributed by atoms with Gasteiger partial charge in [-0.25, -0.2) is 4.79 Å². The standard InChI is InChI=1S/C48H60N6O4/c1-35-31-54(25-20-38(35)32-52-26-21-48(22-27-52)23-28-53(29-24-48)46(55)58-47(2,3)4)39-16-17-40-42(30-39)51(5)50-44(40)41-18-19-43(56-33-36-12-8-6-9-13-36)49-45(41)57-34-37-14-10-7-11-15-37/h6-19,30,35,38H,20-29,31-34H2,1-5H3. The van der Waals surface area contributed by atoms with E-state index in [1.54, 1.807) is 0 Å². The van der Waals surface area contributed by atoms with Gasteiger partial charge in [0.1, 0.15) is 24.5 Å². The zero-order valence-corrected chi connectivity index (χ0v) is 35.0. The second-order valence-corrected chi connectivity index (χ2v) is 18.0. The van der Waals surface area contributed by atoms with E-state index in [4.69, 9.17) is 24.3 Å². The maximum atomic E-state index is 12.6. The molecule has 3 fully saturated rings. The average Bonchev–Trinajstić information content (AvgIpc) is 3.56. The molecule has 0 saturated carbocycles. The van der Waals surface area contributed by atoms with E-state index in [0.29, 0.717) is 42.2 Å². The number of ether oxygens (including phenoxy) is 3. The fourth-order valence-electron chi connectivity index (χ4n) is 9.12. The Bertz CT molecular complexity index is 2150. The fraction of sp³-hybridized carbons (Fsp3) is 0.479. The van der Waals surface area contributed by atoms with Crippen LogP contribution in [-0.2, 0) is 25.0 Å². The van der Waals surface area contributed by atoms with Gasteiger partial charge in [0.15, 0.2) is 0 Å². The number of carbonyl (C=O) groups excluding carboxylic acids is 1. The van der Waals surface area contributed by atoms with Crippen molar-refractivity contribution in [1.29, 1.82) is 0 Å². The molecule has 1 spiro atoms. The van der Waals surface area contributed by atoms with Gasteiger partial charge in [0.05, 0.1) is 11.1 Å². The number of aromatic nitrogens is 3. The first-order chi connectivity index (χ1) is 28.0. The maximum Gasteiger partial charge on any atom is 0.410 e. The van der Waals surface area contributed by atoms with Crippen molar-refractivity contribution in [1.82, 2.24) is 24.6 Å². The van der Waals surface area contributed by atoms with Gasteiger partial charge in [-0.2, -0.15) is 10.1 Å². The van der Waals surface area contributed by atoms with Crippen LogP contribution in [0.5, 0.6) is 11.8 Å². The highest BCUT2D eigenvalue weighted by Crippen LogP contribution is 2.42. The van der Waals surface area contributed by atoms with E-state index >= 15 is 0 Å². The van der Waals surface area contributed by atoms with Gasteiger partial charge < -0.3 is 28.9 Å². The monoisotopic (exact) mass is 784 g/mol. The van der Waals surface area contributed by atoms with Crippen molar-refractivity contribution in [3.05, 3.63) is 102 Å². The number of aryl methyl sites for hydroxylation is 1. The third-order valence-corrected chi connectivity index (χ3v) is 12.7. The number of hydrogen-bond donors (Lipinski definition) is 0. The van der Waals surface area contributed by atoms with Crippen molar-refractivity contribution in [2.75, 3.05) is 50.7 Å². The molecule has 2 atom stereocenters. The number of rotatable bonds is 10. The summed E-state index contributed by atoms with van der Waals surface area (Å²) in [5.41, 5.74) is 6.09. The number of amides is 1. The van der Waals surface area contributed by atoms with Crippen LogP contribution in [0.4, 0.5) is 10.5 Å². The Morgan fingerprint density at radius 3 is 2.12 bits per heavy atom. The number of likely N-dealkylation sites (tertiary alicyclic amines) is 2. The van der Waals surface area contributed by atoms with Crippen molar-refractivity contribution in [2.45, 2.75) is 78.6 Å². The van der Waals surface area contributed by atoms with Crippen LogP contribution in [0.15, 0.2) is 91.0 Å². The molecule has 3 aromatic carbocycles. The third-order valence-electron chi connectivity index (χ3n) is 12.7. The SMILES string of the molecule is CC1CN(c2ccc3c(-c4ccc(OCc5ccccc5)nc4OCc4ccccc4)nn(C)c3c2)CCC1CN1CCC2(CC1)CCN(C(=O)OC(C)(C)C)CC2. The normalized spacial score (nSPS) is 20.0. The minimum Gasteiger partial charge on any atom is -0.473 e. The Morgan fingerprint density at radius 1 is 0.810 bits per heavy atom. The summed E-state index contributed by atoms with van der Waals surface area (Å²) in [6.45, 7) is 16.3. The summed E-state index contributed by atoms with van der Waals surface area (Å²) < 4.78 is 20.2. The molecular weight excluding hydrogens is 725 g/mol. The average molecular weight is 785 g/mol. The van der Waals surface area contributed by atoms with Crippen LogP contribution in [0.3, 0.4) is 0 Å². The first kappa shape index (κ1) is 39.7. The fourth-order valence-corrected chi connectivity index (χ4v) is 9.12. The molecule has 0 radical (unpaired) electrons. The van der Waals surface area contributed by atoms with Gasteiger partial charge in [0.25, 0.3) is 0 Å². The molecule has 0 bridgehead atoms. The Balaban J connectivity index is 0.899. The van der Waals surface area contributed by atoms with Crippen molar-refractivity contribution in [3.8, 4) is 23.0 Å². The van der Waals surface area contributed by atoms with Crippen molar-refractivity contribution in [2.24, 2.45) is 24.3 Å². The van der Waals surface area contributed by atoms with Crippen LogP contribution >= 0.6 is 0 Å². The molecule has 5 aromatic rings. The molecule has 10 nitrogen and oxygen atoms in total. The molecule has 1 amide bonds. The molecule has 5 heterocycles. The summed E-state index contributed by atoms with van der Waals surface area (Å²) in [5, 5.41) is 6.11. The van der Waals surface area contributed by atoms with Crippen LogP contribution in [-0.4, -0.2) is 82.1 Å². The largest absolute Gasteiger partial charge is 0.473 e. The first-order valence-electron chi connectivity index (χ1n) is 21.3. The predicted octanol–water partition coefficient (Wildman–Crippen LogP) is 9.37. The Morgan fingerprint density at radius 2 is 1.47 bits per heavy atom. The summed E-state index contributed by atoms with van der Waals surface area (Å²) in [4.78, 5) is 24.7. The Kier molecular flexibility index (Phi) is 11.7. The summed E-state index contributed by atoms with van der Waals surface area (Å²) in [7, 11) is 2.02. The third kappa shape index (κ3) is 9.28. The zero-order chi connectivity index (χ0) is 40.3. The van der Waals surface area contributed by atoms with Crippen LogP contribution in [0.25, 0.3) is 22.2 Å². The van der Waals surface area contributed by atoms with E-state index < -0.39 is 5.60 Å². The number of hydrogen-bond acceptors (Lipinski definition) is 8. The van der Waals surface area contributed by atoms with Gasteiger partial charge >= 0.3 is 6.09 Å². The second kappa shape index (κ2) is 17.0. The minimum absolute atomic E-state index is 0.159. The number of fused-ring (bicyclic) bond motifs is 1. The Hall–Kier alpha value is -5.09. The molecule has 10 heteroatoms. The van der Waals surface area contributed by atoms with Gasteiger partial charge in [0, 0.05) is 56.9 Å². The van der Waals surface area contributed by atoms with Gasteiger partial charge in [-0.15, -0.1) is 0 Å². The lowest BCUT2D eigenvalue weighted by Gasteiger charge is -2.48. The van der Waals surface area contributed by atoms with Crippen molar-refractivity contribution >= 4 is 22.7 Å². The van der Waals surface area contributed by atoms with Gasteiger partial charge in [0.2, 0.25) is 11.8 Å². The molecular formula is C48H60N6O4. The first-order valence-corrected chi connectivity index (χ1v) is 21.3. The molecule has 2 aromatic heterocycles. The summed E-state index contributed by atoms with van der Waals surface area (Å²) >= 11 is 0. The van der Waals surface area contributed by atoms with Crippen LogP contribution in [0.1, 0.15) is 70.9 Å². The van der Waals surface area contributed by atoms with Crippen LogP contribution in [0.2, 0.25) is 0 Å². The number of carbonyl (C=O) groups is 1. The molecule has 58 heavy (non-hydrogen) atoms. The van der Waals surface area contributed by atoms with E-state index in [1.165, 1.54) is 31.5 Å². The number of nitrogens with zero attached hydrogens (tertiary/aromatic N) is 6. The smallest absolute Gasteiger partial charge is 0.410 e. The minimum atomic E-state index is -0.447.